The third-order valence-corrected chi connectivity index (χ3v) is 3.42. The zero-order valence-electron chi connectivity index (χ0n) is 8.09. The highest BCUT2D eigenvalue weighted by Crippen LogP contribution is 2.28. The van der Waals surface area contributed by atoms with E-state index < -0.39 is 0 Å². The smallest absolute Gasteiger partial charge is 0.0458 e. The van der Waals surface area contributed by atoms with Gasteiger partial charge in [-0.2, -0.15) is 0 Å². The number of hydrogen-bond donors (Lipinski definition) is 2. The van der Waals surface area contributed by atoms with E-state index in [0.29, 0.717) is 6.04 Å². The highest BCUT2D eigenvalue weighted by molar-refractivity contribution is 9.10. The van der Waals surface area contributed by atoms with Crippen molar-refractivity contribution < 1.29 is 0 Å². The van der Waals surface area contributed by atoms with E-state index in [1.54, 1.807) is 0 Å². The summed E-state index contributed by atoms with van der Waals surface area (Å²) in [7, 11) is 0. The molecule has 1 aliphatic rings. The molecule has 3 N–H and O–H groups in total. The Balaban J connectivity index is 2.18. The summed E-state index contributed by atoms with van der Waals surface area (Å²) in [4.78, 5) is 0. The van der Waals surface area contributed by atoms with Crippen molar-refractivity contribution >= 4 is 21.6 Å². The highest BCUT2D eigenvalue weighted by Gasteiger charge is 2.14. The predicted octanol–water partition coefficient (Wildman–Crippen LogP) is 2.85. The topological polar surface area (TPSA) is 38.0 Å². The van der Waals surface area contributed by atoms with E-state index >= 15 is 0 Å². The number of piperidine rings is 1. The predicted molar refractivity (Wildman–Crippen MR) is 63.1 cm³/mol. The Morgan fingerprint density at radius 1 is 1.36 bits per heavy atom. The van der Waals surface area contributed by atoms with Crippen molar-refractivity contribution in [2.24, 2.45) is 0 Å². The van der Waals surface area contributed by atoms with Gasteiger partial charge in [-0.15, -0.1) is 0 Å². The molecule has 2 rings (SSSR count). The molecule has 0 aliphatic carbocycles. The molecule has 2 nitrogen and oxygen atoms in total. The van der Waals surface area contributed by atoms with E-state index in [2.05, 4.69) is 33.4 Å². The molecule has 1 aliphatic heterocycles. The van der Waals surface area contributed by atoms with E-state index in [9.17, 15) is 0 Å². The third kappa shape index (κ3) is 2.10. The zero-order valence-corrected chi connectivity index (χ0v) is 9.68. The quantitative estimate of drug-likeness (QED) is 0.757. The van der Waals surface area contributed by atoms with E-state index in [1.165, 1.54) is 24.8 Å². The second kappa shape index (κ2) is 4.32. The molecule has 1 fully saturated rings. The number of halogens is 1. The molecule has 76 valence electrons. The van der Waals surface area contributed by atoms with Crippen molar-refractivity contribution in [2.75, 3.05) is 12.3 Å². The van der Waals surface area contributed by atoms with Crippen molar-refractivity contribution in [3.63, 3.8) is 0 Å². The number of rotatable bonds is 1. The van der Waals surface area contributed by atoms with Gasteiger partial charge in [-0.1, -0.05) is 12.5 Å². The summed E-state index contributed by atoms with van der Waals surface area (Å²) < 4.78 is 1.00. The number of benzene rings is 1. The maximum atomic E-state index is 5.75. The lowest BCUT2D eigenvalue weighted by Gasteiger charge is -2.24. The van der Waals surface area contributed by atoms with Crippen molar-refractivity contribution in [1.82, 2.24) is 5.32 Å². The fourth-order valence-corrected chi connectivity index (χ4v) is 2.29. The van der Waals surface area contributed by atoms with Crippen LogP contribution in [0.15, 0.2) is 22.7 Å². The lowest BCUT2D eigenvalue weighted by atomic mass is 9.97. The van der Waals surface area contributed by atoms with Gasteiger partial charge < -0.3 is 11.1 Å². The second-order valence-corrected chi connectivity index (χ2v) is 4.64. The summed E-state index contributed by atoms with van der Waals surface area (Å²) in [5, 5.41) is 3.52. The molecule has 0 aromatic heterocycles. The largest absolute Gasteiger partial charge is 0.398 e. The van der Waals surface area contributed by atoms with Gasteiger partial charge in [-0.25, -0.2) is 0 Å². The number of anilines is 1. The van der Waals surface area contributed by atoms with Crippen LogP contribution >= 0.6 is 15.9 Å². The van der Waals surface area contributed by atoms with Crippen LogP contribution in [0.2, 0.25) is 0 Å². The maximum Gasteiger partial charge on any atom is 0.0458 e. The number of nitrogens with two attached hydrogens (primary N) is 1. The van der Waals surface area contributed by atoms with Crippen LogP contribution in [0.5, 0.6) is 0 Å². The van der Waals surface area contributed by atoms with Gasteiger partial charge in [-0.3, -0.25) is 0 Å². The molecule has 0 amide bonds. The molecule has 1 saturated heterocycles. The maximum absolute atomic E-state index is 5.75. The summed E-state index contributed by atoms with van der Waals surface area (Å²) in [5.41, 5.74) is 7.90. The van der Waals surface area contributed by atoms with Crippen LogP contribution in [0.1, 0.15) is 30.9 Å². The van der Waals surface area contributed by atoms with Gasteiger partial charge >= 0.3 is 0 Å². The van der Waals surface area contributed by atoms with Gasteiger partial charge in [0.1, 0.15) is 0 Å². The van der Waals surface area contributed by atoms with Gasteiger partial charge in [0.15, 0.2) is 0 Å². The number of hydrogen-bond acceptors (Lipinski definition) is 2. The Bertz CT molecular complexity index is 319. The summed E-state index contributed by atoms with van der Waals surface area (Å²) in [6, 6.07) is 6.72. The lowest BCUT2D eigenvalue weighted by Crippen LogP contribution is -2.26. The molecule has 1 heterocycles. The fraction of sp³-hybridized carbons (Fsp3) is 0.455. The van der Waals surface area contributed by atoms with Crippen LogP contribution in [0.4, 0.5) is 5.69 Å². The van der Waals surface area contributed by atoms with Gasteiger partial charge in [0.2, 0.25) is 0 Å². The molecule has 0 unspecified atom stereocenters. The van der Waals surface area contributed by atoms with Gasteiger partial charge in [0, 0.05) is 16.2 Å². The van der Waals surface area contributed by atoms with Crippen LogP contribution in [-0.4, -0.2) is 6.54 Å². The van der Waals surface area contributed by atoms with Gasteiger partial charge in [0.05, 0.1) is 0 Å². The number of nitrogen functional groups attached to an aromatic ring is 1. The van der Waals surface area contributed by atoms with Crippen molar-refractivity contribution in [3.8, 4) is 0 Å². The molecule has 0 saturated carbocycles. The van der Waals surface area contributed by atoms with Crippen LogP contribution in [0, 0.1) is 0 Å². The Kier molecular flexibility index (Phi) is 3.08. The molecule has 0 spiro atoms. The molecule has 1 aromatic rings. The third-order valence-electron chi connectivity index (χ3n) is 2.74. The normalized spacial score (nSPS) is 22.2. The minimum atomic E-state index is 0.514. The average molecular weight is 255 g/mol. The van der Waals surface area contributed by atoms with E-state index in [1.807, 2.05) is 6.07 Å². The zero-order chi connectivity index (χ0) is 9.97. The Hall–Kier alpha value is -0.540. The van der Waals surface area contributed by atoms with Gasteiger partial charge in [0.25, 0.3) is 0 Å². The lowest BCUT2D eigenvalue weighted by molar-refractivity contribution is 0.412. The molecular weight excluding hydrogens is 240 g/mol. The first-order valence-corrected chi connectivity index (χ1v) is 5.85. The first kappa shape index (κ1) is 9.99. The first-order chi connectivity index (χ1) is 6.77. The molecule has 14 heavy (non-hydrogen) atoms. The highest BCUT2D eigenvalue weighted by atomic mass is 79.9. The van der Waals surface area contributed by atoms with Crippen molar-refractivity contribution in [1.29, 1.82) is 0 Å². The van der Waals surface area contributed by atoms with Gasteiger partial charge in [-0.05, 0) is 53.0 Å². The van der Waals surface area contributed by atoms with E-state index in [-0.39, 0.29) is 0 Å². The van der Waals surface area contributed by atoms with E-state index in [0.717, 1.165) is 16.7 Å². The number of nitrogens with one attached hydrogen (secondary N) is 1. The Morgan fingerprint density at radius 2 is 2.21 bits per heavy atom. The van der Waals surface area contributed by atoms with Crippen molar-refractivity contribution in [3.05, 3.63) is 28.2 Å². The average Bonchev–Trinajstić information content (AvgIpc) is 2.23. The summed E-state index contributed by atoms with van der Waals surface area (Å²) >= 11 is 3.46. The minimum Gasteiger partial charge on any atom is -0.398 e. The molecule has 0 bridgehead atoms. The fourth-order valence-electron chi connectivity index (χ4n) is 1.90. The Labute approximate surface area is 93.0 Å². The molecule has 3 heteroatoms. The van der Waals surface area contributed by atoms with Crippen LogP contribution in [0.3, 0.4) is 0 Å². The van der Waals surface area contributed by atoms with Crippen LogP contribution in [-0.2, 0) is 0 Å². The summed E-state index contributed by atoms with van der Waals surface area (Å²) in [6.07, 6.45) is 3.85. The molecule has 0 radical (unpaired) electrons. The second-order valence-electron chi connectivity index (χ2n) is 3.78. The first-order valence-electron chi connectivity index (χ1n) is 5.05. The van der Waals surface area contributed by atoms with E-state index in [4.69, 9.17) is 5.73 Å². The molecule has 1 aromatic carbocycles. The molecular formula is C11H15BrN2. The van der Waals surface area contributed by atoms with Crippen LogP contribution < -0.4 is 11.1 Å². The van der Waals surface area contributed by atoms with Crippen LogP contribution in [0.25, 0.3) is 0 Å². The monoisotopic (exact) mass is 254 g/mol. The summed E-state index contributed by atoms with van der Waals surface area (Å²) in [6.45, 7) is 1.13. The molecule has 1 atom stereocenters. The van der Waals surface area contributed by atoms with Crippen molar-refractivity contribution in [2.45, 2.75) is 25.3 Å². The Morgan fingerprint density at radius 3 is 2.86 bits per heavy atom. The minimum absolute atomic E-state index is 0.514. The standard InChI is InChI=1S/C11H15BrN2/c12-9-7-8(4-5-10(9)13)11-3-1-2-6-14-11/h4-5,7,11,14H,1-3,6,13H2/t11-/m1/s1. The SMILES string of the molecule is Nc1ccc([C@H]2CCCCN2)cc1Br. The summed E-state index contributed by atoms with van der Waals surface area (Å²) in [5.74, 6) is 0.